The molecule has 0 amide bonds. The number of ether oxygens (including phenoxy) is 1. The molecule has 2 unspecified atom stereocenters. The molecule has 2 atom stereocenters. The van der Waals surface area contributed by atoms with Crippen molar-refractivity contribution in [3.05, 3.63) is 0 Å². The molecule has 1 saturated heterocycles. The lowest BCUT2D eigenvalue weighted by Gasteiger charge is -2.32. The smallest absolute Gasteiger partial charge is 0.0477 e. The maximum absolute atomic E-state index is 12.6. The molecule has 1 N–H and O–H groups in total. The summed E-state index contributed by atoms with van der Waals surface area (Å²) in [7, 11) is -0.684. The molecule has 2 rings (SSSR count). The minimum Gasteiger partial charge on any atom is -0.381 e. The summed E-state index contributed by atoms with van der Waals surface area (Å²) >= 11 is 0. The zero-order valence-corrected chi connectivity index (χ0v) is 13.8. The Morgan fingerprint density at radius 1 is 1.15 bits per heavy atom. The standard InChI is InChI=1S/C16H31NO2S/c1-2-10-17-16(14-6-4-3-5-7-14)13-20(18)15-8-11-19-12-9-15/h14-17H,2-13H2,1H3. The molecule has 0 spiro atoms. The zero-order valence-electron chi connectivity index (χ0n) is 12.9. The molecule has 118 valence electrons. The Hall–Kier alpha value is 0.0700. The van der Waals surface area contributed by atoms with Gasteiger partial charge in [-0.1, -0.05) is 26.2 Å². The van der Waals surface area contributed by atoms with Crippen LogP contribution in [0.2, 0.25) is 0 Å². The van der Waals surface area contributed by atoms with Crippen LogP contribution in [0.4, 0.5) is 0 Å². The normalized spacial score (nSPS) is 25.4. The summed E-state index contributed by atoms with van der Waals surface area (Å²) in [5.41, 5.74) is 0. The zero-order chi connectivity index (χ0) is 14.2. The van der Waals surface area contributed by atoms with Gasteiger partial charge in [0.05, 0.1) is 0 Å². The topological polar surface area (TPSA) is 38.3 Å². The Bertz CT molecular complexity index is 286. The number of nitrogens with one attached hydrogen (secondary N) is 1. The first-order valence-corrected chi connectivity index (χ1v) is 9.87. The molecule has 0 aromatic carbocycles. The summed E-state index contributed by atoms with van der Waals surface area (Å²) in [6, 6.07) is 0.471. The lowest BCUT2D eigenvalue weighted by atomic mass is 9.84. The molecule has 1 aliphatic heterocycles. The van der Waals surface area contributed by atoms with E-state index in [9.17, 15) is 4.21 Å². The van der Waals surface area contributed by atoms with Gasteiger partial charge in [-0.3, -0.25) is 4.21 Å². The second-order valence-corrected chi connectivity index (χ2v) is 8.08. The average molecular weight is 301 g/mol. The van der Waals surface area contributed by atoms with E-state index in [1.54, 1.807) is 0 Å². The van der Waals surface area contributed by atoms with Crippen molar-refractivity contribution in [2.24, 2.45) is 5.92 Å². The van der Waals surface area contributed by atoms with Crippen molar-refractivity contribution in [1.29, 1.82) is 0 Å². The minimum absolute atomic E-state index is 0.373. The van der Waals surface area contributed by atoms with Crippen LogP contribution < -0.4 is 5.32 Å². The molecule has 0 aromatic rings. The van der Waals surface area contributed by atoms with E-state index in [0.29, 0.717) is 11.3 Å². The molecule has 20 heavy (non-hydrogen) atoms. The van der Waals surface area contributed by atoms with Crippen LogP contribution in [0, 0.1) is 5.92 Å². The van der Waals surface area contributed by atoms with Crippen LogP contribution in [-0.4, -0.2) is 41.0 Å². The lowest BCUT2D eigenvalue weighted by molar-refractivity contribution is 0.0991. The summed E-state index contributed by atoms with van der Waals surface area (Å²) < 4.78 is 18.0. The van der Waals surface area contributed by atoms with Gasteiger partial charge in [0.2, 0.25) is 0 Å². The van der Waals surface area contributed by atoms with Gasteiger partial charge in [0.15, 0.2) is 0 Å². The van der Waals surface area contributed by atoms with Crippen molar-refractivity contribution < 1.29 is 8.95 Å². The van der Waals surface area contributed by atoms with E-state index < -0.39 is 10.8 Å². The fraction of sp³-hybridized carbons (Fsp3) is 1.00. The van der Waals surface area contributed by atoms with Gasteiger partial charge in [-0.05, 0) is 44.6 Å². The van der Waals surface area contributed by atoms with E-state index in [1.807, 2.05) is 0 Å². The highest BCUT2D eigenvalue weighted by atomic mass is 32.2. The van der Waals surface area contributed by atoms with Crippen LogP contribution in [0.3, 0.4) is 0 Å². The largest absolute Gasteiger partial charge is 0.381 e. The first-order valence-electron chi connectivity index (χ1n) is 8.49. The third kappa shape index (κ3) is 5.12. The van der Waals surface area contributed by atoms with Gasteiger partial charge in [-0.2, -0.15) is 0 Å². The van der Waals surface area contributed by atoms with Crippen molar-refractivity contribution in [1.82, 2.24) is 5.32 Å². The van der Waals surface area contributed by atoms with E-state index >= 15 is 0 Å². The van der Waals surface area contributed by atoms with Crippen LogP contribution in [0.25, 0.3) is 0 Å². The molecule has 1 saturated carbocycles. The third-order valence-corrected chi connectivity index (χ3v) is 6.66. The van der Waals surface area contributed by atoms with Gasteiger partial charge in [-0.15, -0.1) is 0 Å². The first kappa shape index (κ1) is 16.4. The van der Waals surface area contributed by atoms with E-state index in [2.05, 4.69) is 12.2 Å². The number of hydrogen-bond acceptors (Lipinski definition) is 3. The Morgan fingerprint density at radius 3 is 2.50 bits per heavy atom. The van der Waals surface area contributed by atoms with Crippen LogP contribution in [0.15, 0.2) is 0 Å². The molecular formula is C16H31NO2S. The molecule has 3 nitrogen and oxygen atoms in total. The maximum atomic E-state index is 12.6. The van der Waals surface area contributed by atoms with Gasteiger partial charge >= 0.3 is 0 Å². The Morgan fingerprint density at radius 2 is 1.85 bits per heavy atom. The van der Waals surface area contributed by atoms with E-state index in [4.69, 9.17) is 4.74 Å². The quantitative estimate of drug-likeness (QED) is 0.786. The third-order valence-electron chi connectivity index (χ3n) is 4.76. The highest BCUT2D eigenvalue weighted by molar-refractivity contribution is 7.85. The Balaban J connectivity index is 1.86. The van der Waals surface area contributed by atoms with Crippen LogP contribution in [0.5, 0.6) is 0 Å². The highest BCUT2D eigenvalue weighted by Crippen LogP contribution is 2.27. The molecule has 2 fully saturated rings. The van der Waals surface area contributed by atoms with Gasteiger partial charge in [0.25, 0.3) is 0 Å². The molecule has 1 heterocycles. The predicted octanol–water partition coefficient (Wildman–Crippen LogP) is 2.86. The molecule has 0 bridgehead atoms. The van der Waals surface area contributed by atoms with Crippen LogP contribution >= 0.6 is 0 Å². The van der Waals surface area contributed by atoms with Crippen LogP contribution in [-0.2, 0) is 15.5 Å². The highest BCUT2D eigenvalue weighted by Gasteiger charge is 2.28. The molecule has 1 aliphatic carbocycles. The van der Waals surface area contributed by atoms with Gasteiger partial charge < -0.3 is 10.1 Å². The van der Waals surface area contributed by atoms with Crippen LogP contribution in [0.1, 0.15) is 58.3 Å². The molecule has 2 aliphatic rings. The average Bonchev–Trinajstić information content (AvgIpc) is 2.53. The second-order valence-electron chi connectivity index (χ2n) is 6.32. The second kappa shape index (κ2) is 9.16. The van der Waals surface area contributed by atoms with Gasteiger partial charge in [-0.25, -0.2) is 0 Å². The summed E-state index contributed by atoms with van der Waals surface area (Å²) in [4.78, 5) is 0. The van der Waals surface area contributed by atoms with Gasteiger partial charge in [0, 0.05) is 41.1 Å². The Labute approximate surface area is 126 Å². The summed E-state index contributed by atoms with van der Waals surface area (Å²) in [5, 5.41) is 4.06. The first-order chi connectivity index (χ1) is 9.81. The maximum Gasteiger partial charge on any atom is 0.0477 e. The fourth-order valence-electron chi connectivity index (χ4n) is 3.48. The Kier molecular flexibility index (Phi) is 7.53. The summed E-state index contributed by atoms with van der Waals surface area (Å²) in [6.45, 7) is 4.87. The number of rotatable bonds is 7. The monoisotopic (exact) mass is 301 g/mol. The van der Waals surface area contributed by atoms with Gasteiger partial charge in [0.1, 0.15) is 0 Å². The van der Waals surface area contributed by atoms with Crippen molar-refractivity contribution in [2.45, 2.75) is 69.6 Å². The molecule has 4 heteroatoms. The molecular weight excluding hydrogens is 270 g/mol. The lowest BCUT2D eigenvalue weighted by Crippen LogP contribution is -2.43. The van der Waals surface area contributed by atoms with E-state index in [0.717, 1.165) is 50.7 Å². The van der Waals surface area contributed by atoms with Crippen molar-refractivity contribution in [2.75, 3.05) is 25.5 Å². The summed E-state index contributed by atoms with van der Waals surface area (Å²) in [5.74, 6) is 1.61. The fourth-order valence-corrected chi connectivity index (χ4v) is 5.21. The van der Waals surface area contributed by atoms with Crippen molar-refractivity contribution >= 4 is 10.8 Å². The summed E-state index contributed by atoms with van der Waals surface area (Å²) in [6.07, 6.45) is 9.89. The minimum atomic E-state index is -0.684. The van der Waals surface area contributed by atoms with Crippen molar-refractivity contribution in [3.63, 3.8) is 0 Å². The molecule has 0 aromatic heterocycles. The molecule has 0 radical (unpaired) electrons. The van der Waals surface area contributed by atoms with Crippen molar-refractivity contribution in [3.8, 4) is 0 Å². The SMILES string of the molecule is CCCNC(CS(=O)C1CCOCC1)C1CCCCC1. The van der Waals surface area contributed by atoms with E-state index in [-0.39, 0.29) is 0 Å². The number of hydrogen-bond donors (Lipinski definition) is 1. The predicted molar refractivity (Wildman–Crippen MR) is 85.5 cm³/mol. The van der Waals surface area contributed by atoms with E-state index in [1.165, 1.54) is 32.1 Å².